The van der Waals surface area contributed by atoms with Crippen LogP contribution in [0.3, 0.4) is 0 Å². The van der Waals surface area contributed by atoms with Crippen LogP contribution in [0.25, 0.3) is 0 Å². The number of hydrogen-bond acceptors (Lipinski definition) is 5. The zero-order chi connectivity index (χ0) is 24.1. The Morgan fingerprint density at radius 3 is 2.09 bits per heavy atom. The standard InChI is InChI=1S/C27H29F2NO4/c1-32-22-11-12-25(33-2)19(13-22)15-30-23-16-34-26(14-24(23)31)27(17-3-7-20(28)8-4-17)18-5-9-21(29)10-6-18/h3-13,23-24,26-27,30-31H,14-16H2,1-2H3. The Hall–Kier alpha value is -3.00. The minimum Gasteiger partial charge on any atom is -0.497 e. The van der Waals surface area contributed by atoms with E-state index < -0.39 is 6.10 Å². The first kappa shape index (κ1) is 24.1. The molecule has 5 nitrogen and oxygen atoms in total. The molecule has 1 saturated heterocycles. The molecule has 3 aromatic rings. The molecule has 0 spiro atoms. The number of rotatable bonds is 8. The smallest absolute Gasteiger partial charge is 0.123 e. The molecular weight excluding hydrogens is 440 g/mol. The molecule has 1 aliphatic rings. The molecule has 0 radical (unpaired) electrons. The van der Waals surface area contributed by atoms with Gasteiger partial charge in [0.2, 0.25) is 0 Å². The number of aliphatic hydroxyl groups is 1. The van der Waals surface area contributed by atoms with Gasteiger partial charge in [0.05, 0.1) is 39.1 Å². The van der Waals surface area contributed by atoms with Crippen molar-refractivity contribution in [1.29, 1.82) is 0 Å². The van der Waals surface area contributed by atoms with Crippen LogP contribution in [0.1, 0.15) is 29.0 Å². The monoisotopic (exact) mass is 469 g/mol. The van der Waals surface area contributed by atoms with E-state index in [0.717, 1.165) is 28.2 Å². The number of nitrogens with one attached hydrogen (secondary N) is 1. The van der Waals surface area contributed by atoms with Crippen molar-refractivity contribution in [1.82, 2.24) is 5.32 Å². The lowest BCUT2D eigenvalue weighted by Crippen LogP contribution is -2.50. The van der Waals surface area contributed by atoms with Gasteiger partial charge in [-0.05, 0) is 53.6 Å². The Kier molecular flexibility index (Phi) is 7.77. The van der Waals surface area contributed by atoms with Crippen LogP contribution >= 0.6 is 0 Å². The van der Waals surface area contributed by atoms with Crippen LogP contribution in [0.5, 0.6) is 11.5 Å². The van der Waals surface area contributed by atoms with Crippen LogP contribution in [0, 0.1) is 11.6 Å². The van der Waals surface area contributed by atoms with Crippen LogP contribution in [0.4, 0.5) is 8.78 Å². The summed E-state index contributed by atoms with van der Waals surface area (Å²) in [6.07, 6.45) is -0.652. The van der Waals surface area contributed by atoms with Crippen molar-refractivity contribution in [3.8, 4) is 11.5 Å². The third-order valence-electron chi connectivity index (χ3n) is 6.30. The first-order valence-corrected chi connectivity index (χ1v) is 11.2. The molecule has 34 heavy (non-hydrogen) atoms. The Morgan fingerprint density at radius 1 is 0.941 bits per heavy atom. The van der Waals surface area contributed by atoms with Crippen molar-refractivity contribution in [2.24, 2.45) is 0 Å². The van der Waals surface area contributed by atoms with Gasteiger partial charge in [-0.25, -0.2) is 8.78 Å². The normalized spacial score (nSPS) is 20.4. The molecule has 0 saturated carbocycles. The van der Waals surface area contributed by atoms with E-state index in [1.165, 1.54) is 24.3 Å². The van der Waals surface area contributed by atoms with E-state index in [2.05, 4.69) is 5.32 Å². The van der Waals surface area contributed by atoms with Gasteiger partial charge in [0.25, 0.3) is 0 Å². The highest BCUT2D eigenvalue weighted by Gasteiger charge is 2.35. The number of methoxy groups -OCH3 is 2. The van der Waals surface area contributed by atoms with E-state index in [1.807, 2.05) is 18.2 Å². The molecule has 0 aromatic heterocycles. The van der Waals surface area contributed by atoms with Gasteiger partial charge >= 0.3 is 0 Å². The summed E-state index contributed by atoms with van der Waals surface area (Å²) in [5.41, 5.74) is 2.60. The van der Waals surface area contributed by atoms with Crippen molar-refractivity contribution in [3.05, 3.63) is 95.1 Å². The van der Waals surface area contributed by atoms with E-state index >= 15 is 0 Å². The Balaban J connectivity index is 1.48. The molecule has 1 aliphatic heterocycles. The molecule has 2 N–H and O–H groups in total. The quantitative estimate of drug-likeness (QED) is 0.512. The molecule has 0 amide bonds. The third kappa shape index (κ3) is 5.55. The maximum atomic E-state index is 13.5. The van der Waals surface area contributed by atoms with Gasteiger partial charge in [-0.1, -0.05) is 24.3 Å². The first-order valence-electron chi connectivity index (χ1n) is 11.2. The summed E-state index contributed by atoms with van der Waals surface area (Å²) in [5, 5.41) is 14.3. The van der Waals surface area contributed by atoms with Crippen LogP contribution in [0.2, 0.25) is 0 Å². The van der Waals surface area contributed by atoms with Gasteiger partial charge in [0.15, 0.2) is 0 Å². The van der Waals surface area contributed by atoms with E-state index in [-0.39, 0.29) is 36.3 Å². The van der Waals surface area contributed by atoms with Crippen LogP contribution in [0.15, 0.2) is 66.7 Å². The number of hydrogen-bond donors (Lipinski definition) is 2. The molecule has 3 unspecified atom stereocenters. The highest BCUT2D eigenvalue weighted by atomic mass is 19.1. The Labute approximate surface area is 198 Å². The number of ether oxygens (including phenoxy) is 3. The van der Waals surface area contributed by atoms with E-state index in [9.17, 15) is 13.9 Å². The van der Waals surface area contributed by atoms with Crippen molar-refractivity contribution in [2.45, 2.75) is 37.1 Å². The number of halogens is 2. The summed E-state index contributed by atoms with van der Waals surface area (Å²) >= 11 is 0. The summed E-state index contributed by atoms with van der Waals surface area (Å²) < 4.78 is 44.0. The average Bonchev–Trinajstić information content (AvgIpc) is 2.85. The summed E-state index contributed by atoms with van der Waals surface area (Å²) in [7, 11) is 3.22. The Morgan fingerprint density at radius 2 is 1.56 bits per heavy atom. The van der Waals surface area contributed by atoms with Crippen molar-refractivity contribution in [2.75, 3.05) is 20.8 Å². The summed E-state index contributed by atoms with van der Waals surface area (Å²) in [4.78, 5) is 0. The maximum absolute atomic E-state index is 13.5. The fraction of sp³-hybridized carbons (Fsp3) is 0.333. The molecule has 4 rings (SSSR count). The molecule has 180 valence electrons. The first-order chi connectivity index (χ1) is 16.5. The largest absolute Gasteiger partial charge is 0.497 e. The van der Waals surface area contributed by atoms with Gasteiger partial charge < -0.3 is 24.6 Å². The van der Waals surface area contributed by atoms with Crippen LogP contribution < -0.4 is 14.8 Å². The molecular formula is C27H29F2NO4. The van der Waals surface area contributed by atoms with Gasteiger partial charge in [0.1, 0.15) is 23.1 Å². The summed E-state index contributed by atoms with van der Waals surface area (Å²) in [6.45, 7) is 0.756. The third-order valence-corrected chi connectivity index (χ3v) is 6.30. The number of aliphatic hydroxyl groups excluding tert-OH is 1. The van der Waals surface area contributed by atoms with E-state index in [1.54, 1.807) is 38.5 Å². The fourth-order valence-corrected chi connectivity index (χ4v) is 4.46. The zero-order valence-corrected chi connectivity index (χ0v) is 19.2. The van der Waals surface area contributed by atoms with Crippen molar-refractivity contribution >= 4 is 0 Å². The molecule has 1 heterocycles. The summed E-state index contributed by atoms with van der Waals surface area (Å²) in [5.74, 6) is 0.520. The van der Waals surface area contributed by atoms with E-state index in [4.69, 9.17) is 14.2 Å². The second-order valence-corrected chi connectivity index (χ2v) is 8.42. The fourth-order valence-electron chi connectivity index (χ4n) is 4.46. The Bertz CT molecular complexity index is 1030. The highest BCUT2D eigenvalue weighted by molar-refractivity contribution is 5.40. The van der Waals surface area contributed by atoms with Gasteiger partial charge in [-0.15, -0.1) is 0 Å². The molecule has 1 fully saturated rings. The van der Waals surface area contributed by atoms with Crippen molar-refractivity contribution < 1.29 is 28.1 Å². The van der Waals surface area contributed by atoms with Gasteiger partial charge in [0, 0.05) is 24.4 Å². The average molecular weight is 470 g/mol. The SMILES string of the molecule is COc1ccc(OC)c(CNC2COC(C(c3ccc(F)cc3)c3ccc(F)cc3)CC2O)c1. The predicted octanol–water partition coefficient (Wildman–Crippen LogP) is 4.42. The van der Waals surface area contributed by atoms with Crippen LogP contribution in [-0.2, 0) is 11.3 Å². The predicted molar refractivity (Wildman–Crippen MR) is 125 cm³/mol. The minimum absolute atomic E-state index is 0.268. The van der Waals surface area contributed by atoms with Gasteiger partial charge in [-0.2, -0.15) is 0 Å². The molecule has 0 bridgehead atoms. The lowest BCUT2D eigenvalue weighted by Gasteiger charge is -2.38. The molecule has 3 aromatic carbocycles. The molecule has 3 atom stereocenters. The zero-order valence-electron chi connectivity index (χ0n) is 19.2. The molecule has 0 aliphatic carbocycles. The van der Waals surface area contributed by atoms with Crippen LogP contribution in [-0.4, -0.2) is 44.2 Å². The minimum atomic E-state index is -0.668. The second kappa shape index (κ2) is 11.0. The lowest BCUT2D eigenvalue weighted by molar-refractivity contribution is -0.0718. The second-order valence-electron chi connectivity index (χ2n) is 8.42. The summed E-state index contributed by atoms with van der Waals surface area (Å²) in [6, 6.07) is 17.7. The van der Waals surface area contributed by atoms with E-state index in [0.29, 0.717) is 13.0 Å². The van der Waals surface area contributed by atoms with Crippen molar-refractivity contribution in [3.63, 3.8) is 0 Å². The topological polar surface area (TPSA) is 60.0 Å². The lowest BCUT2D eigenvalue weighted by atomic mass is 9.82. The molecule has 7 heteroatoms. The maximum Gasteiger partial charge on any atom is 0.123 e. The number of benzene rings is 3. The van der Waals surface area contributed by atoms with Gasteiger partial charge in [-0.3, -0.25) is 0 Å². The highest BCUT2D eigenvalue weighted by Crippen LogP contribution is 2.35.